The number of carbonyl (C=O) groups excluding carboxylic acids is 1. The first-order valence-corrected chi connectivity index (χ1v) is 8.83. The van der Waals surface area contributed by atoms with Crippen LogP contribution in [0.2, 0.25) is 0 Å². The molecule has 0 fully saturated rings. The number of carbonyl (C=O) groups is 1. The number of aromatic amines is 1. The maximum absolute atomic E-state index is 12.0. The van der Waals surface area contributed by atoms with Crippen LogP contribution in [-0.4, -0.2) is 41.6 Å². The summed E-state index contributed by atoms with van der Waals surface area (Å²) in [6.45, 7) is 0. The van der Waals surface area contributed by atoms with Crippen LogP contribution in [0.3, 0.4) is 0 Å². The Balaban J connectivity index is 0.000000368. The standard InChI is InChI=1S/C13H14N4O2.CH4O3S/c14-16-6-15-13(19)12-8-4-5-10(18)7-2-1-3-9(17-12)11(7)8;1-5(2,3)4/h1-3,6,10,17-18H,4-5,14H2,(H,15,16,19);1H3,(H,2,3,4). The number of aliphatic hydroxyl groups is 1. The molecule has 1 amide bonds. The molecule has 0 spiro atoms. The van der Waals surface area contributed by atoms with Crippen molar-refractivity contribution >= 4 is 33.3 Å². The monoisotopic (exact) mass is 354 g/mol. The van der Waals surface area contributed by atoms with Crippen LogP contribution in [0.15, 0.2) is 23.3 Å². The number of H-pyrrole nitrogens is 1. The summed E-state index contributed by atoms with van der Waals surface area (Å²) < 4.78 is 25.9. The maximum Gasteiger partial charge on any atom is 0.273 e. The second kappa shape index (κ2) is 6.99. The van der Waals surface area contributed by atoms with Gasteiger partial charge in [0.05, 0.1) is 12.4 Å². The van der Waals surface area contributed by atoms with E-state index in [1.807, 2.05) is 18.2 Å². The molecule has 24 heavy (non-hydrogen) atoms. The van der Waals surface area contributed by atoms with E-state index < -0.39 is 16.2 Å². The van der Waals surface area contributed by atoms with E-state index in [2.05, 4.69) is 15.4 Å². The molecule has 10 heteroatoms. The number of aliphatic hydroxyl groups excluding tert-OH is 1. The van der Waals surface area contributed by atoms with Crippen molar-refractivity contribution in [2.24, 2.45) is 10.9 Å². The Labute approximate surface area is 138 Å². The summed E-state index contributed by atoms with van der Waals surface area (Å²) in [7, 11) is -3.67. The molecular formula is C14H18N4O5S. The molecule has 1 aromatic carbocycles. The van der Waals surface area contributed by atoms with E-state index in [1.54, 1.807) is 0 Å². The molecule has 1 unspecified atom stereocenters. The summed E-state index contributed by atoms with van der Waals surface area (Å²) in [4.78, 5) is 15.1. The molecule has 130 valence electrons. The van der Waals surface area contributed by atoms with Crippen LogP contribution in [-0.2, 0) is 16.5 Å². The highest BCUT2D eigenvalue weighted by atomic mass is 32.2. The second-order valence-corrected chi connectivity index (χ2v) is 6.75. The van der Waals surface area contributed by atoms with Gasteiger partial charge < -0.3 is 21.2 Å². The predicted octanol–water partition coefficient (Wildman–Crippen LogP) is 0.283. The van der Waals surface area contributed by atoms with Gasteiger partial charge in [-0.2, -0.15) is 13.5 Å². The number of nitrogens with zero attached hydrogens (tertiary/aromatic N) is 1. The zero-order valence-electron chi connectivity index (χ0n) is 12.9. The number of hydrogen-bond donors (Lipinski definition) is 5. The average Bonchev–Trinajstić information content (AvgIpc) is 2.87. The number of aryl methyl sites for hydroxylation is 1. The molecule has 1 aliphatic rings. The number of nitrogens with two attached hydrogens (primary N) is 1. The van der Waals surface area contributed by atoms with Gasteiger partial charge in [-0.25, -0.2) is 0 Å². The van der Waals surface area contributed by atoms with E-state index in [1.165, 1.54) is 0 Å². The Morgan fingerprint density at radius 1 is 1.50 bits per heavy atom. The average molecular weight is 354 g/mol. The van der Waals surface area contributed by atoms with E-state index in [0.29, 0.717) is 24.8 Å². The third-order valence-corrected chi connectivity index (χ3v) is 3.48. The van der Waals surface area contributed by atoms with Gasteiger partial charge in [0.25, 0.3) is 16.0 Å². The lowest BCUT2D eigenvalue weighted by atomic mass is 9.89. The van der Waals surface area contributed by atoms with Crippen molar-refractivity contribution in [3.63, 3.8) is 0 Å². The summed E-state index contributed by atoms with van der Waals surface area (Å²) in [5, 5.41) is 16.7. The number of rotatable bonds is 2. The Bertz CT molecular complexity index is 880. The minimum atomic E-state index is -3.67. The minimum absolute atomic E-state index is 0.275. The first-order valence-electron chi connectivity index (χ1n) is 6.99. The molecule has 6 N–H and O–H groups in total. The summed E-state index contributed by atoms with van der Waals surface area (Å²) >= 11 is 0. The van der Waals surface area contributed by atoms with E-state index in [-0.39, 0.29) is 5.91 Å². The molecule has 3 rings (SSSR count). The van der Waals surface area contributed by atoms with Crippen LogP contribution in [0, 0.1) is 0 Å². The van der Waals surface area contributed by atoms with Crippen LogP contribution in [0.1, 0.15) is 34.1 Å². The highest BCUT2D eigenvalue weighted by molar-refractivity contribution is 7.85. The minimum Gasteiger partial charge on any atom is -0.388 e. The van der Waals surface area contributed by atoms with E-state index in [4.69, 9.17) is 10.4 Å². The van der Waals surface area contributed by atoms with Crippen molar-refractivity contribution in [1.82, 2.24) is 10.3 Å². The molecule has 9 nitrogen and oxygen atoms in total. The van der Waals surface area contributed by atoms with Crippen LogP contribution in [0.4, 0.5) is 0 Å². The molecule has 1 aromatic heterocycles. The molecule has 1 heterocycles. The highest BCUT2D eigenvalue weighted by Crippen LogP contribution is 2.37. The summed E-state index contributed by atoms with van der Waals surface area (Å²) in [5.41, 5.74) is 3.19. The summed E-state index contributed by atoms with van der Waals surface area (Å²) in [5.74, 6) is 4.69. The fourth-order valence-corrected chi connectivity index (χ4v) is 2.67. The van der Waals surface area contributed by atoms with Crippen molar-refractivity contribution in [2.75, 3.05) is 6.26 Å². The lowest BCUT2D eigenvalue weighted by molar-refractivity contribution is 0.0972. The lowest BCUT2D eigenvalue weighted by Gasteiger charge is -2.18. The van der Waals surface area contributed by atoms with Crippen molar-refractivity contribution in [3.05, 3.63) is 35.0 Å². The third kappa shape index (κ3) is 4.10. The van der Waals surface area contributed by atoms with Gasteiger partial charge in [0.1, 0.15) is 12.0 Å². The first-order chi connectivity index (χ1) is 11.2. The molecule has 1 atom stereocenters. The van der Waals surface area contributed by atoms with Crippen molar-refractivity contribution in [2.45, 2.75) is 18.9 Å². The third-order valence-electron chi connectivity index (χ3n) is 3.48. The maximum atomic E-state index is 12.0. The molecule has 0 radical (unpaired) electrons. The topological polar surface area (TPSA) is 158 Å². The van der Waals surface area contributed by atoms with Crippen LogP contribution in [0.5, 0.6) is 0 Å². The number of benzene rings is 1. The van der Waals surface area contributed by atoms with Gasteiger partial charge in [-0.1, -0.05) is 12.1 Å². The summed E-state index contributed by atoms with van der Waals surface area (Å²) in [6, 6.07) is 5.66. The van der Waals surface area contributed by atoms with Gasteiger partial charge in [0.15, 0.2) is 0 Å². The first kappa shape index (κ1) is 17.9. The predicted molar refractivity (Wildman–Crippen MR) is 89.2 cm³/mol. The number of hydrazone groups is 1. The van der Waals surface area contributed by atoms with Crippen LogP contribution >= 0.6 is 0 Å². The van der Waals surface area contributed by atoms with Crippen LogP contribution < -0.4 is 11.2 Å². The zero-order valence-corrected chi connectivity index (χ0v) is 13.7. The van der Waals surface area contributed by atoms with E-state index in [9.17, 15) is 18.3 Å². The molecular weight excluding hydrogens is 336 g/mol. The number of aromatic nitrogens is 1. The van der Waals surface area contributed by atoms with Gasteiger partial charge in [0, 0.05) is 10.9 Å². The molecule has 0 aliphatic heterocycles. The molecule has 0 saturated carbocycles. The fourth-order valence-electron chi connectivity index (χ4n) is 2.67. The van der Waals surface area contributed by atoms with E-state index >= 15 is 0 Å². The lowest BCUT2D eigenvalue weighted by Crippen LogP contribution is -2.24. The Morgan fingerprint density at radius 2 is 2.17 bits per heavy atom. The Hall–Kier alpha value is -2.43. The summed E-state index contributed by atoms with van der Waals surface area (Å²) in [6.07, 6.45) is 2.69. The fraction of sp³-hybridized carbons (Fsp3) is 0.286. The van der Waals surface area contributed by atoms with Gasteiger partial charge in [0.2, 0.25) is 0 Å². The Morgan fingerprint density at radius 3 is 2.79 bits per heavy atom. The number of nitrogens with one attached hydrogen (secondary N) is 2. The van der Waals surface area contributed by atoms with Crippen LogP contribution in [0.25, 0.3) is 10.9 Å². The molecule has 0 bridgehead atoms. The van der Waals surface area contributed by atoms with Crippen molar-refractivity contribution in [3.8, 4) is 0 Å². The van der Waals surface area contributed by atoms with Gasteiger partial charge in [-0.15, -0.1) is 0 Å². The zero-order chi connectivity index (χ0) is 17.9. The van der Waals surface area contributed by atoms with Crippen molar-refractivity contribution in [1.29, 1.82) is 0 Å². The van der Waals surface area contributed by atoms with Gasteiger partial charge in [-0.05, 0) is 30.0 Å². The smallest absolute Gasteiger partial charge is 0.273 e. The van der Waals surface area contributed by atoms with Gasteiger partial charge in [-0.3, -0.25) is 9.35 Å². The second-order valence-electron chi connectivity index (χ2n) is 5.29. The molecule has 0 saturated heterocycles. The van der Waals surface area contributed by atoms with E-state index in [0.717, 1.165) is 28.4 Å². The highest BCUT2D eigenvalue weighted by Gasteiger charge is 2.26. The number of hydrogen-bond acceptors (Lipinski definition) is 6. The van der Waals surface area contributed by atoms with Crippen molar-refractivity contribution < 1.29 is 22.9 Å². The Kier molecular flexibility index (Phi) is 5.22. The molecule has 1 aliphatic carbocycles. The number of amides is 1. The quantitative estimate of drug-likeness (QED) is 0.171. The SMILES string of the molecule is CS(=O)(=O)O.NN=CNC(=O)c1[nH]c2cccc3c2c1CCC3O. The molecule has 2 aromatic rings. The normalized spacial score (nSPS) is 16.7. The largest absolute Gasteiger partial charge is 0.388 e. The van der Waals surface area contributed by atoms with Gasteiger partial charge >= 0.3 is 0 Å².